The van der Waals surface area contributed by atoms with Crippen LogP contribution < -0.4 is 10.6 Å². The van der Waals surface area contributed by atoms with Crippen molar-refractivity contribution < 1.29 is 9.72 Å². The van der Waals surface area contributed by atoms with Crippen LogP contribution in [-0.2, 0) is 11.3 Å². The molecule has 1 amide bonds. The third-order valence-corrected chi connectivity index (χ3v) is 4.51. The lowest BCUT2D eigenvalue weighted by molar-refractivity contribution is -0.384. The van der Waals surface area contributed by atoms with Crippen LogP contribution in [0, 0.1) is 24.0 Å². The number of hydrogen-bond donors (Lipinski definition) is 2. The Morgan fingerprint density at radius 3 is 2.53 bits per heavy atom. The van der Waals surface area contributed by atoms with Gasteiger partial charge in [-0.2, -0.15) is 5.10 Å². The highest BCUT2D eigenvalue weighted by Crippen LogP contribution is 2.15. The number of amides is 1. The van der Waals surface area contributed by atoms with E-state index in [0.717, 1.165) is 28.5 Å². The number of carbonyl (C=O) groups is 1. The number of non-ortho nitro benzene ring substituents is 1. The molecule has 0 aliphatic heterocycles. The van der Waals surface area contributed by atoms with E-state index in [1.165, 1.54) is 12.1 Å². The second-order valence-electron chi connectivity index (χ2n) is 6.97. The molecule has 30 heavy (non-hydrogen) atoms. The smallest absolute Gasteiger partial charge is 0.269 e. The number of carbonyl (C=O) groups excluding carboxylic acids is 1. The SMILES string of the molecule is Cc1cc(C)n(-c2ccc(CNC(=O)CCCNc3ccc([N+](=O)[O-])cc3)cn2)n1. The van der Waals surface area contributed by atoms with E-state index < -0.39 is 4.92 Å². The summed E-state index contributed by atoms with van der Waals surface area (Å²) in [5.41, 5.74) is 3.71. The van der Waals surface area contributed by atoms with Crippen LogP contribution in [0.5, 0.6) is 0 Å². The van der Waals surface area contributed by atoms with Crippen LogP contribution in [-0.4, -0.2) is 32.1 Å². The van der Waals surface area contributed by atoms with Gasteiger partial charge in [-0.15, -0.1) is 0 Å². The zero-order valence-corrected chi connectivity index (χ0v) is 17.0. The summed E-state index contributed by atoms with van der Waals surface area (Å²) in [6, 6.07) is 12.0. The molecule has 156 valence electrons. The minimum absolute atomic E-state index is 0.0388. The molecule has 1 aromatic carbocycles. The fraction of sp³-hybridized carbons (Fsp3) is 0.286. The summed E-state index contributed by atoms with van der Waals surface area (Å²) in [6.07, 6.45) is 2.78. The lowest BCUT2D eigenvalue weighted by Gasteiger charge is -2.08. The number of benzene rings is 1. The van der Waals surface area contributed by atoms with Gasteiger partial charge in [0.25, 0.3) is 5.69 Å². The number of hydrogen-bond acceptors (Lipinski definition) is 6. The van der Waals surface area contributed by atoms with E-state index in [1.807, 2.05) is 32.0 Å². The molecule has 2 aromatic heterocycles. The van der Waals surface area contributed by atoms with Crippen molar-refractivity contribution in [3.05, 3.63) is 75.7 Å². The van der Waals surface area contributed by atoms with Gasteiger partial charge in [0.15, 0.2) is 5.82 Å². The number of aryl methyl sites for hydroxylation is 2. The molecular formula is C21H24N6O3. The van der Waals surface area contributed by atoms with Crippen LogP contribution >= 0.6 is 0 Å². The van der Waals surface area contributed by atoms with Gasteiger partial charge >= 0.3 is 0 Å². The van der Waals surface area contributed by atoms with Gasteiger partial charge in [-0.25, -0.2) is 9.67 Å². The van der Waals surface area contributed by atoms with Crippen LogP contribution in [0.25, 0.3) is 5.82 Å². The van der Waals surface area contributed by atoms with Crippen molar-refractivity contribution in [2.24, 2.45) is 0 Å². The maximum absolute atomic E-state index is 12.0. The first-order valence-electron chi connectivity index (χ1n) is 9.66. The molecule has 0 unspecified atom stereocenters. The van der Waals surface area contributed by atoms with Crippen molar-refractivity contribution >= 4 is 17.3 Å². The molecule has 9 nitrogen and oxygen atoms in total. The summed E-state index contributed by atoms with van der Waals surface area (Å²) in [5.74, 6) is 0.705. The summed E-state index contributed by atoms with van der Waals surface area (Å²) in [5, 5.41) is 21.1. The van der Waals surface area contributed by atoms with Gasteiger partial charge < -0.3 is 10.6 Å². The van der Waals surface area contributed by atoms with Crippen molar-refractivity contribution in [1.82, 2.24) is 20.1 Å². The number of nitro benzene ring substituents is 1. The van der Waals surface area contributed by atoms with Gasteiger partial charge in [-0.05, 0) is 50.1 Å². The zero-order valence-electron chi connectivity index (χ0n) is 17.0. The Hall–Kier alpha value is -3.75. The Balaban J connectivity index is 1.38. The van der Waals surface area contributed by atoms with E-state index in [1.54, 1.807) is 23.0 Å². The Kier molecular flexibility index (Phi) is 6.74. The Labute approximate surface area is 174 Å². The van der Waals surface area contributed by atoms with Crippen LogP contribution in [0.4, 0.5) is 11.4 Å². The maximum Gasteiger partial charge on any atom is 0.269 e. The molecule has 0 bridgehead atoms. The normalized spacial score (nSPS) is 10.6. The van der Waals surface area contributed by atoms with Crippen LogP contribution in [0.1, 0.15) is 29.8 Å². The van der Waals surface area contributed by atoms with E-state index in [0.29, 0.717) is 25.9 Å². The van der Waals surface area contributed by atoms with Crippen molar-refractivity contribution in [3.8, 4) is 5.82 Å². The lowest BCUT2D eigenvalue weighted by Crippen LogP contribution is -2.23. The Bertz CT molecular complexity index is 1010. The van der Waals surface area contributed by atoms with Gasteiger partial charge in [0.05, 0.1) is 10.6 Å². The molecule has 9 heteroatoms. The molecule has 0 radical (unpaired) electrons. The first-order valence-corrected chi connectivity index (χ1v) is 9.66. The zero-order chi connectivity index (χ0) is 21.5. The summed E-state index contributed by atoms with van der Waals surface area (Å²) in [7, 11) is 0. The van der Waals surface area contributed by atoms with Crippen molar-refractivity contribution in [2.75, 3.05) is 11.9 Å². The van der Waals surface area contributed by atoms with Gasteiger partial charge in [-0.3, -0.25) is 14.9 Å². The number of nitro groups is 1. The molecule has 0 atom stereocenters. The van der Waals surface area contributed by atoms with Crippen molar-refractivity contribution in [1.29, 1.82) is 0 Å². The Morgan fingerprint density at radius 2 is 1.93 bits per heavy atom. The van der Waals surface area contributed by atoms with Gasteiger partial charge in [0.1, 0.15) is 0 Å². The molecule has 0 fully saturated rings. The predicted molar refractivity (Wildman–Crippen MR) is 113 cm³/mol. The summed E-state index contributed by atoms with van der Waals surface area (Å²) < 4.78 is 1.79. The third-order valence-electron chi connectivity index (χ3n) is 4.51. The third kappa shape index (κ3) is 5.63. The minimum atomic E-state index is -0.434. The summed E-state index contributed by atoms with van der Waals surface area (Å²) in [6.45, 7) is 4.93. The summed E-state index contributed by atoms with van der Waals surface area (Å²) in [4.78, 5) is 26.7. The van der Waals surface area contributed by atoms with Gasteiger partial charge in [0.2, 0.25) is 5.91 Å². The van der Waals surface area contributed by atoms with E-state index >= 15 is 0 Å². The van der Waals surface area contributed by atoms with Crippen LogP contribution in [0.15, 0.2) is 48.7 Å². The topological polar surface area (TPSA) is 115 Å². The van der Waals surface area contributed by atoms with Crippen molar-refractivity contribution in [3.63, 3.8) is 0 Å². The molecule has 0 saturated carbocycles. The number of anilines is 1. The number of pyridine rings is 1. The largest absolute Gasteiger partial charge is 0.385 e. The molecule has 0 aliphatic carbocycles. The minimum Gasteiger partial charge on any atom is -0.385 e. The quantitative estimate of drug-likeness (QED) is 0.319. The number of nitrogens with zero attached hydrogens (tertiary/aromatic N) is 4. The molecule has 3 aromatic rings. The molecule has 0 aliphatic rings. The van der Waals surface area contributed by atoms with Crippen LogP contribution in [0.2, 0.25) is 0 Å². The van der Waals surface area contributed by atoms with Gasteiger partial charge in [0, 0.05) is 49.2 Å². The monoisotopic (exact) mass is 408 g/mol. The lowest BCUT2D eigenvalue weighted by atomic mass is 10.2. The molecule has 0 saturated heterocycles. The first-order chi connectivity index (χ1) is 14.4. The molecule has 2 heterocycles. The summed E-state index contributed by atoms with van der Waals surface area (Å²) >= 11 is 0. The number of nitrogens with one attached hydrogen (secondary N) is 2. The molecule has 0 spiro atoms. The molecule has 3 rings (SSSR count). The second kappa shape index (κ2) is 9.64. The highest BCUT2D eigenvalue weighted by Gasteiger charge is 2.07. The highest BCUT2D eigenvalue weighted by molar-refractivity contribution is 5.75. The first kappa shape index (κ1) is 21.0. The van der Waals surface area contributed by atoms with E-state index in [9.17, 15) is 14.9 Å². The Morgan fingerprint density at radius 1 is 1.17 bits per heavy atom. The number of aromatic nitrogens is 3. The molecular weight excluding hydrogens is 384 g/mol. The van der Waals surface area contributed by atoms with Gasteiger partial charge in [-0.1, -0.05) is 6.07 Å². The predicted octanol–water partition coefficient (Wildman–Crippen LogP) is 3.30. The van der Waals surface area contributed by atoms with Crippen LogP contribution in [0.3, 0.4) is 0 Å². The fourth-order valence-electron chi connectivity index (χ4n) is 2.98. The highest BCUT2D eigenvalue weighted by atomic mass is 16.6. The number of rotatable bonds is 9. The van der Waals surface area contributed by atoms with E-state index in [4.69, 9.17) is 0 Å². The molecule has 2 N–H and O–H groups in total. The maximum atomic E-state index is 12.0. The average Bonchev–Trinajstić information content (AvgIpc) is 3.08. The van der Waals surface area contributed by atoms with E-state index in [2.05, 4.69) is 20.7 Å². The standard InChI is InChI=1S/C21H24N6O3/c1-15-12-16(2)26(25-15)20-10-5-17(13-23-20)14-24-21(28)4-3-11-22-18-6-8-19(9-7-18)27(29)30/h5-10,12-13,22H,3-4,11,14H2,1-2H3,(H,24,28). The van der Waals surface area contributed by atoms with Crippen molar-refractivity contribution in [2.45, 2.75) is 33.2 Å². The van der Waals surface area contributed by atoms with E-state index in [-0.39, 0.29) is 11.6 Å². The fourth-order valence-corrected chi connectivity index (χ4v) is 2.98. The average molecular weight is 408 g/mol. The second-order valence-corrected chi connectivity index (χ2v) is 6.97.